The predicted octanol–water partition coefficient (Wildman–Crippen LogP) is 3.24. The largest absolute Gasteiger partial charge is 0.439 e. The fourth-order valence-electron chi connectivity index (χ4n) is 1.92. The molecule has 20 heavy (non-hydrogen) atoms. The van der Waals surface area contributed by atoms with Crippen molar-refractivity contribution in [2.24, 2.45) is 5.84 Å². The number of rotatable bonds is 5. The first-order valence-corrected chi connectivity index (χ1v) is 6.75. The quantitative estimate of drug-likeness (QED) is 0.645. The standard InChI is InChI=1S/C15H20N4O/c1-4-13-17-14(19-16)9-15(18-13)20-12-8-6-5-7-11(12)10(2)3/h5-10H,4,16H2,1-3H3,(H,17,18,19). The zero-order chi connectivity index (χ0) is 14.5. The molecule has 0 radical (unpaired) electrons. The average Bonchev–Trinajstić information content (AvgIpc) is 2.47. The molecule has 106 valence electrons. The van der Waals surface area contributed by atoms with E-state index in [0.717, 1.165) is 17.7 Å². The maximum atomic E-state index is 5.91. The van der Waals surface area contributed by atoms with Crippen LogP contribution in [0.2, 0.25) is 0 Å². The minimum Gasteiger partial charge on any atom is -0.439 e. The molecule has 0 amide bonds. The summed E-state index contributed by atoms with van der Waals surface area (Å²) in [6, 6.07) is 9.65. The molecule has 5 nitrogen and oxygen atoms in total. The van der Waals surface area contributed by atoms with E-state index < -0.39 is 0 Å². The molecule has 2 aromatic rings. The lowest BCUT2D eigenvalue weighted by atomic mass is 10.0. The first kappa shape index (κ1) is 14.3. The SMILES string of the molecule is CCc1nc(NN)cc(Oc2ccccc2C(C)C)n1. The molecule has 0 aliphatic carbocycles. The Morgan fingerprint density at radius 3 is 2.65 bits per heavy atom. The lowest BCUT2D eigenvalue weighted by Gasteiger charge is -2.13. The Kier molecular flexibility index (Phi) is 4.53. The summed E-state index contributed by atoms with van der Waals surface area (Å²) in [6.07, 6.45) is 0.720. The highest BCUT2D eigenvalue weighted by Gasteiger charge is 2.10. The lowest BCUT2D eigenvalue weighted by Crippen LogP contribution is -2.10. The van der Waals surface area contributed by atoms with Gasteiger partial charge in [0.05, 0.1) is 0 Å². The third-order valence-corrected chi connectivity index (χ3v) is 2.97. The van der Waals surface area contributed by atoms with Crippen molar-refractivity contribution in [1.82, 2.24) is 9.97 Å². The number of nitrogens with two attached hydrogens (primary N) is 1. The summed E-state index contributed by atoms with van der Waals surface area (Å²) < 4.78 is 5.91. The van der Waals surface area contributed by atoms with Crippen molar-refractivity contribution < 1.29 is 4.74 Å². The van der Waals surface area contributed by atoms with Crippen molar-refractivity contribution in [2.75, 3.05) is 5.43 Å². The van der Waals surface area contributed by atoms with E-state index in [1.807, 2.05) is 25.1 Å². The number of benzene rings is 1. The topological polar surface area (TPSA) is 73.1 Å². The number of hydrogen-bond acceptors (Lipinski definition) is 5. The van der Waals surface area contributed by atoms with Crippen molar-refractivity contribution in [1.29, 1.82) is 0 Å². The van der Waals surface area contributed by atoms with Crippen LogP contribution in [0, 0.1) is 0 Å². The monoisotopic (exact) mass is 272 g/mol. The van der Waals surface area contributed by atoms with Gasteiger partial charge in [0.2, 0.25) is 5.88 Å². The number of nitrogen functional groups attached to an aromatic ring is 1. The van der Waals surface area contributed by atoms with Crippen LogP contribution >= 0.6 is 0 Å². The molecule has 1 heterocycles. The van der Waals surface area contributed by atoms with Crippen LogP contribution in [-0.2, 0) is 6.42 Å². The Hall–Kier alpha value is -2.14. The predicted molar refractivity (Wildman–Crippen MR) is 79.8 cm³/mol. The maximum absolute atomic E-state index is 5.91. The molecule has 0 bridgehead atoms. The van der Waals surface area contributed by atoms with Gasteiger partial charge in [-0.2, -0.15) is 4.98 Å². The van der Waals surface area contributed by atoms with Crippen LogP contribution in [0.15, 0.2) is 30.3 Å². The van der Waals surface area contributed by atoms with E-state index in [2.05, 4.69) is 35.3 Å². The van der Waals surface area contributed by atoms with E-state index in [0.29, 0.717) is 23.4 Å². The van der Waals surface area contributed by atoms with E-state index in [1.54, 1.807) is 6.07 Å². The van der Waals surface area contributed by atoms with Crippen molar-refractivity contribution in [3.8, 4) is 11.6 Å². The second kappa shape index (κ2) is 6.34. The number of nitrogens with zero attached hydrogens (tertiary/aromatic N) is 2. The van der Waals surface area contributed by atoms with E-state index >= 15 is 0 Å². The summed E-state index contributed by atoms with van der Waals surface area (Å²) in [4.78, 5) is 8.61. The summed E-state index contributed by atoms with van der Waals surface area (Å²) in [5, 5.41) is 0. The summed E-state index contributed by atoms with van der Waals surface area (Å²) in [5.41, 5.74) is 3.68. The van der Waals surface area contributed by atoms with Gasteiger partial charge in [-0.25, -0.2) is 10.8 Å². The van der Waals surface area contributed by atoms with Crippen LogP contribution in [-0.4, -0.2) is 9.97 Å². The van der Waals surface area contributed by atoms with E-state index in [9.17, 15) is 0 Å². The number of ether oxygens (including phenoxy) is 1. The van der Waals surface area contributed by atoms with Crippen LogP contribution in [0.1, 0.15) is 38.1 Å². The second-order valence-electron chi connectivity index (χ2n) is 4.80. The second-order valence-corrected chi connectivity index (χ2v) is 4.80. The summed E-state index contributed by atoms with van der Waals surface area (Å²) in [6.45, 7) is 6.25. The third kappa shape index (κ3) is 3.24. The molecule has 3 N–H and O–H groups in total. The highest BCUT2D eigenvalue weighted by atomic mass is 16.5. The average molecular weight is 272 g/mol. The minimum absolute atomic E-state index is 0.380. The van der Waals surface area contributed by atoms with Gasteiger partial charge in [-0.1, -0.05) is 39.0 Å². The molecule has 0 aliphatic rings. The van der Waals surface area contributed by atoms with Crippen LogP contribution in [0.25, 0.3) is 0 Å². The van der Waals surface area contributed by atoms with Gasteiger partial charge in [0, 0.05) is 12.5 Å². The van der Waals surface area contributed by atoms with Crippen LogP contribution in [0.4, 0.5) is 5.82 Å². The van der Waals surface area contributed by atoms with Gasteiger partial charge < -0.3 is 10.2 Å². The van der Waals surface area contributed by atoms with Crippen molar-refractivity contribution in [3.05, 3.63) is 41.7 Å². The van der Waals surface area contributed by atoms with E-state index in [-0.39, 0.29) is 0 Å². The molecule has 1 aromatic carbocycles. The van der Waals surface area contributed by atoms with Crippen molar-refractivity contribution in [2.45, 2.75) is 33.1 Å². The molecule has 0 spiro atoms. The number of aromatic nitrogens is 2. The normalized spacial score (nSPS) is 10.7. The summed E-state index contributed by atoms with van der Waals surface area (Å²) >= 11 is 0. The van der Waals surface area contributed by atoms with Gasteiger partial charge in [-0.3, -0.25) is 0 Å². The van der Waals surface area contributed by atoms with Gasteiger partial charge in [0.15, 0.2) is 0 Å². The van der Waals surface area contributed by atoms with Gasteiger partial charge >= 0.3 is 0 Å². The maximum Gasteiger partial charge on any atom is 0.224 e. The number of hydrazine groups is 1. The number of anilines is 1. The van der Waals surface area contributed by atoms with E-state index in [4.69, 9.17) is 10.6 Å². The Morgan fingerprint density at radius 1 is 1.25 bits per heavy atom. The summed E-state index contributed by atoms with van der Waals surface area (Å²) in [5.74, 6) is 8.35. The molecule has 2 rings (SSSR count). The molecular formula is C15H20N4O. The molecule has 5 heteroatoms. The number of aryl methyl sites for hydroxylation is 1. The molecule has 0 unspecified atom stereocenters. The fourth-order valence-corrected chi connectivity index (χ4v) is 1.92. The van der Waals surface area contributed by atoms with Crippen LogP contribution < -0.4 is 16.0 Å². The first-order valence-electron chi connectivity index (χ1n) is 6.75. The minimum atomic E-state index is 0.380. The Morgan fingerprint density at radius 2 is 2.00 bits per heavy atom. The van der Waals surface area contributed by atoms with Gasteiger partial charge in [-0.05, 0) is 17.5 Å². The highest BCUT2D eigenvalue weighted by molar-refractivity contribution is 5.42. The molecule has 0 fully saturated rings. The zero-order valence-electron chi connectivity index (χ0n) is 12.1. The Labute approximate surface area is 119 Å². The smallest absolute Gasteiger partial charge is 0.224 e. The molecule has 0 atom stereocenters. The van der Waals surface area contributed by atoms with Crippen LogP contribution in [0.5, 0.6) is 11.6 Å². The molecule has 0 saturated carbocycles. The van der Waals surface area contributed by atoms with Crippen molar-refractivity contribution >= 4 is 5.82 Å². The number of hydrogen-bond donors (Lipinski definition) is 2. The molecule has 0 aliphatic heterocycles. The van der Waals surface area contributed by atoms with Gasteiger partial charge in [0.25, 0.3) is 0 Å². The number of nitrogens with one attached hydrogen (secondary N) is 1. The van der Waals surface area contributed by atoms with E-state index in [1.165, 1.54) is 0 Å². The molecule has 1 aromatic heterocycles. The Balaban J connectivity index is 2.34. The lowest BCUT2D eigenvalue weighted by molar-refractivity contribution is 0.451. The number of para-hydroxylation sites is 1. The third-order valence-electron chi connectivity index (χ3n) is 2.97. The fraction of sp³-hybridized carbons (Fsp3) is 0.333. The zero-order valence-corrected chi connectivity index (χ0v) is 12.1. The van der Waals surface area contributed by atoms with Crippen molar-refractivity contribution in [3.63, 3.8) is 0 Å². The molecule has 0 saturated heterocycles. The Bertz CT molecular complexity index is 562. The van der Waals surface area contributed by atoms with Gasteiger partial charge in [0.1, 0.15) is 17.4 Å². The summed E-state index contributed by atoms with van der Waals surface area (Å²) in [7, 11) is 0. The first-order chi connectivity index (χ1) is 9.63. The van der Waals surface area contributed by atoms with Crippen LogP contribution in [0.3, 0.4) is 0 Å². The van der Waals surface area contributed by atoms with Gasteiger partial charge in [-0.15, -0.1) is 0 Å². The highest BCUT2D eigenvalue weighted by Crippen LogP contribution is 2.30. The molecular weight excluding hydrogens is 252 g/mol.